The first-order chi connectivity index (χ1) is 17.7. The topological polar surface area (TPSA) is 135 Å². The molecule has 2 saturated carbocycles. The second-order valence-electron chi connectivity index (χ2n) is 14.5. The fourth-order valence-electron chi connectivity index (χ4n) is 8.44. The number of carbonyl (C=O) groups excluding carboxylic acids is 2. The van der Waals surface area contributed by atoms with Crippen molar-refractivity contribution in [3.63, 3.8) is 0 Å². The third-order valence-corrected chi connectivity index (χ3v) is 10.9. The fourth-order valence-corrected chi connectivity index (χ4v) is 8.44. The van der Waals surface area contributed by atoms with Gasteiger partial charge in [-0.15, -0.1) is 0 Å². The minimum atomic E-state index is -1.95. The Labute approximate surface area is 234 Å². The summed E-state index contributed by atoms with van der Waals surface area (Å²) in [4.78, 5) is 26.3. The van der Waals surface area contributed by atoms with Crippen LogP contribution in [-0.4, -0.2) is 66.6 Å². The lowest BCUT2D eigenvalue weighted by molar-refractivity contribution is -0.155. The van der Waals surface area contributed by atoms with Gasteiger partial charge in [0.2, 0.25) is 0 Å². The van der Waals surface area contributed by atoms with E-state index in [0.29, 0.717) is 25.7 Å². The maximum atomic E-state index is 13.3. The smallest absolute Gasteiger partial charge is 0.187 e. The van der Waals surface area contributed by atoms with Crippen LogP contribution in [0.2, 0.25) is 0 Å². The summed E-state index contributed by atoms with van der Waals surface area (Å²) in [6, 6.07) is 0. The van der Waals surface area contributed by atoms with E-state index < -0.39 is 57.5 Å². The number of aliphatic hydroxyl groups is 5. The predicted octanol–water partition coefficient (Wildman–Crippen LogP) is 3.89. The Morgan fingerprint density at radius 1 is 1.03 bits per heavy atom. The molecule has 3 aliphatic carbocycles. The van der Waals surface area contributed by atoms with E-state index >= 15 is 0 Å². The molecule has 9 atom stereocenters. The zero-order valence-electron chi connectivity index (χ0n) is 25.2. The van der Waals surface area contributed by atoms with Crippen LogP contribution in [0.25, 0.3) is 0 Å². The van der Waals surface area contributed by atoms with Crippen molar-refractivity contribution in [1.29, 1.82) is 0 Å². The molecule has 0 aromatic rings. The summed E-state index contributed by atoms with van der Waals surface area (Å²) in [5.41, 5.74) is -4.04. The van der Waals surface area contributed by atoms with Gasteiger partial charge >= 0.3 is 0 Å². The van der Waals surface area contributed by atoms with Crippen molar-refractivity contribution in [2.24, 2.45) is 34.0 Å². The van der Waals surface area contributed by atoms with E-state index in [-0.39, 0.29) is 24.0 Å². The molecule has 0 saturated heterocycles. The highest BCUT2D eigenvalue weighted by molar-refractivity contribution is 5.97. The zero-order valence-corrected chi connectivity index (χ0v) is 25.2. The number of fused-ring (bicyclic) bond motifs is 1. The number of rotatable bonds is 8. The lowest BCUT2D eigenvalue weighted by Gasteiger charge is -2.51. The molecule has 0 heterocycles. The molecule has 0 bridgehead atoms. The maximum Gasteiger partial charge on any atom is 0.187 e. The number of hydrogen-bond acceptors (Lipinski definition) is 7. The summed E-state index contributed by atoms with van der Waals surface area (Å²) in [5, 5.41) is 54.7. The van der Waals surface area contributed by atoms with E-state index in [2.05, 4.69) is 13.0 Å². The highest BCUT2D eigenvalue weighted by Gasteiger charge is 2.66. The van der Waals surface area contributed by atoms with Gasteiger partial charge in [0.15, 0.2) is 5.78 Å². The molecule has 5 N–H and O–H groups in total. The molecule has 0 spiro atoms. The highest BCUT2D eigenvalue weighted by Crippen LogP contribution is 2.66. The normalized spacial score (nSPS) is 40.5. The van der Waals surface area contributed by atoms with Crippen molar-refractivity contribution in [1.82, 2.24) is 0 Å². The Morgan fingerprint density at radius 3 is 2.21 bits per heavy atom. The maximum absolute atomic E-state index is 13.3. The van der Waals surface area contributed by atoms with E-state index in [4.69, 9.17) is 0 Å². The minimum absolute atomic E-state index is 0.0196. The van der Waals surface area contributed by atoms with E-state index in [0.717, 1.165) is 18.4 Å². The molecular weight excluding hydrogens is 496 g/mol. The summed E-state index contributed by atoms with van der Waals surface area (Å²) in [6.07, 6.45) is 5.75. The Bertz CT molecular complexity index is 1000. The summed E-state index contributed by atoms with van der Waals surface area (Å²) < 4.78 is 0. The highest BCUT2D eigenvalue weighted by atomic mass is 16.3. The second-order valence-corrected chi connectivity index (χ2v) is 14.5. The second kappa shape index (κ2) is 10.8. The first-order valence-electron chi connectivity index (χ1n) is 14.7. The number of ketones is 2. The van der Waals surface area contributed by atoms with Gasteiger partial charge in [-0.1, -0.05) is 52.3 Å². The SMILES string of the molecule is CCC(=O)CC1(C)C([C@@](C)(O)C(=O)/C=C/C(C)(C)O)[C@@H](O)C[C@@]1(C)[C@@H]1CC=C2[C@@H](CC1)CC(O)[C@@H](O)C2(C)C. The number of hydrogen-bond donors (Lipinski definition) is 5. The van der Waals surface area contributed by atoms with Gasteiger partial charge in [-0.05, 0) is 81.6 Å². The van der Waals surface area contributed by atoms with Crippen LogP contribution >= 0.6 is 0 Å². The molecule has 3 aliphatic rings. The zero-order chi connectivity index (χ0) is 29.8. The van der Waals surface area contributed by atoms with Crippen LogP contribution in [0, 0.1) is 34.0 Å². The number of allylic oxidation sites excluding steroid dienone is 1. The average Bonchev–Trinajstić information content (AvgIpc) is 2.94. The van der Waals surface area contributed by atoms with Crippen molar-refractivity contribution in [3.05, 3.63) is 23.8 Å². The molecule has 0 radical (unpaired) electrons. The third-order valence-electron chi connectivity index (χ3n) is 10.9. The van der Waals surface area contributed by atoms with Gasteiger partial charge in [0.25, 0.3) is 0 Å². The Hall–Kier alpha value is -1.38. The van der Waals surface area contributed by atoms with E-state index in [1.54, 1.807) is 6.92 Å². The lowest BCUT2D eigenvalue weighted by atomic mass is 9.53. The molecule has 0 aromatic carbocycles. The van der Waals surface area contributed by atoms with Crippen LogP contribution in [-0.2, 0) is 9.59 Å². The number of aliphatic hydroxyl groups excluding tert-OH is 3. The third kappa shape index (κ3) is 5.72. The van der Waals surface area contributed by atoms with Crippen LogP contribution < -0.4 is 0 Å². The molecule has 222 valence electrons. The standard InChI is InChI=1S/C32H52O7/c1-9-21(33)17-31(7)26(32(8,39)25(36)14-15-28(2,3)38)24(35)18-30(31,6)20-11-10-19-16-23(34)27(37)29(4,5)22(19)13-12-20/h13-15,19-20,23-24,26-27,34-35,37-39H,9-12,16-18H2,1-8H3/b15-14+/t19-,20-,23?,24-,26?,27+,30-,31?,32-/m0/s1. The van der Waals surface area contributed by atoms with Crippen molar-refractivity contribution in [3.8, 4) is 0 Å². The van der Waals surface area contributed by atoms with E-state index in [9.17, 15) is 35.1 Å². The Balaban J connectivity index is 2.05. The van der Waals surface area contributed by atoms with E-state index in [1.807, 2.05) is 20.8 Å². The summed E-state index contributed by atoms with van der Waals surface area (Å²) in [6.45, 7) is 14.3. The van der Waals surface area contributed by atoms with Gasteiger partial charge in [-0.25, -0.2) is 0 Å². The molecule has 3 rings (SSSR count). The van der Waals surface area contributed by atoms with Gasteiger partial charge in [-0.2, -0.15) is 0 Å². The van der Waals surface area contributed by atoms with E-state index in [1.165, 1.54) is 32.9 Å². The number of Topliss-reactive ketones (excluding diaryl/α,β-unsaturated/α-hetero) is 1. The van der Waals surface area contributed by atoms with Crippen molar-refractivity contribution in [2.45, 2.75) is 130 Å². The molecule has 39 heavy (non-hydrogen) atoms. The van der Waals surface area contributed by atoms with Gasteiger partial charge in [-0.3, -0.25) is 9.59 Å². The summed E-state index contributed by atoms with van der Waals surface area (Å²) in [7, 11) is 0. The first kappa shape index (κ1) is 32.1. The summed E-state index contributed by atoms with van der Waals surface area (Å²) in [5.74, 6) is -1.26. The average molecular weight is 549 g/mol. The number of carbonyl (C=O) groups is 2. The fraction of sp³-hybridized carbons (Fsp3) is 0.812. The molecule has 3 unspecified atom stereocenters. The lowest BCUT2D eigenvalue weighted by Crippen LogP contribution is -2.55. The van der Waals surface area contributed by atoms with Gasteiger partial charge in [0.05, 0.1) is 23.9 Å². The van der Waals surface area contributed by atoms with Gasteiger partial charge in [0.1, 0.15) is 11.4 Å². The van der Waals surface area contributed by atoms with Crippen LogP contribution in [0.3, 0.4) is 0 Å². The molecular formula is C32H52O7. The van der Waals surface area contributed by atoms with Crippen molar-refractivity contribution >= 4 is 11.6 Å². The first-order valence-corrected chi connectivity index (χ1v) is 14.7. The minimum Gasteiger partial charge on any atom is -0.393 e. The van der Waals surface area contributed by atoms with Crippen molar-refractivity contribution < 1.29 is 35.1 Å². The molecule has 0 amide bonds. The molecule has 0 aromatic heterocycles. The van der Waals surface area contributed by atoms with Crippen LogP contribution in [0.15, 0.2) is 23.8 Å². The van der Waals surface area contributed by atoms with Gasteiger partial charge < -0.3 is 25.5 Å². The van der Waals surface area contributed by atoms with Crippen LogP contribution in [0.4, 0.5) is 0 Å². The Morgan fingerprint density at radius 2 is 1.64 bits per heavy atom. The molecule has 2 fully saturated rings. The van der Waals surface area contributed by atoms with Crippen LogP contribution in [0.5, 0.6) is 0 Å². The monoisotopic (exact) mass is 548 g/mol. The summed E-state index contributed by atoms with van der Waals surface area (Å²) >= 11 is 0. The van der Waals surface area contributed by atoms with Crippen molar-refractivity contribution in [2.75, 3.05) is 0 Å². The largest absolute Gasteiger partial charge is 0.393 e. The predicted molar refractivity (Wildman–Crippen MR) is 151 cm³/mol. The van der Waals surface area contributed by atoms with Crippen LogP contribution in [0.1, 0.15) is 100 Å². The molecule has 0 aliphatic heterocycles. The quantitative estimate of drug-likeness (QED) is 0.229. The van der Waals surface area contributed by atoms with Gasteiger partial charge in [0, 0.05) is 24.2 Å². The molecule has 7 heteroatoms. The molecule has 7 nitrogen and oxygen atoms in total. The Kier molecular flexibility index (Phi) is 8.89.